The molecular weight excluding hydrogens is 464 g/mol. The second-order valence-electron chi connectivity index (χ2n) is 7.26. The van der Waals surface area contributed by atoms with Crippen LogP contribution in [-0.2, 0) is 10.3 Å². The second-order valence-corrected chi connectivity index (χ2v) is 9.73. The van der Waals surface area contributed by atoms with E-state index in [1.165, 1.54) is 11.3 Å². The summed E-state index contributed by atoms with van der Waals surface area (Å²) in [6.07, 6.45) is 0. The molecule has 1 aromatic heterocycles. The maximum absolute atomic E-state index is 13.7. The molecule has 0 aliphatic carbocycles. The van der Waals surface area contributed by atoms with Gasteiger partial charge in [-0.2, -0.15) is 0 Å². The van der Waals surface area contributed by atoms with Crippen LogP contribution in [0, 0.1) is 13.8 Å². The Hall–Kier alpha value is -2.77. The van der Waals surface area contributed by atoms with Gasteiger partial charge in [0, 0.05) is 0 Å². The molecule has 2 heterocycles. The van der Waals surface area contributed by atoms with Gasteiger partial charge in [-0.3, -0.25) is 14.5 Å². The molecular formula is C23H19BrN2O3S. The third kappa shape index (κ3) is 3.38. The van der Waals surface area contributed by atoms with E-state index in [2.05, 4.69) is 21.2 Å². The summed E-state index contributed by atoms with van der Waals surface area (Å²) in [7, 11) is 0. The summed E-state index contributed by atoms with van der Waals surface area (Å²) >= 11 is 4.61. The number of Topliss-reactive ketones (excluding diaryl/α,β-unsaturated/α-hetero) is 1. The lowest BCUT2D eigenvalue weighted by Crippen LogP contribution is -2.45. The fourth-order valence-electron chi connectivity index (χ4n) is 3.63. The zero-order valence-corrected chi connectivity index (χ0v) is 18.8. The van der Waals surface area contributed by atoms with E-state index in [0.29, 0.717) is 16.0 Å². The van der Waals surface area contributed by atoms with Gasteiger partial charge in [0.2, 0.25) is 0 Å². The molecule has 1 aliphatic heterocycles. The second kappa shape index (κ2) is 7.81. The first-order chi connectivity index (χ1) is 14.3. The number of urea groups is 1. The SMILES string of the molecule is Cc1ccc([C@]2(c3ccccc3)NC(=O)N(CC(=O)c3ccc(Br)s3)C2=O)cc1C. The van der Waals surface area contributed by atoms with Crippen LogP contribution in [0.5, 0.6) is 0 Å². The van der Waals surface area contributed by atoms with Crippen molar-refractivity contribution in [3.63, 3.8) is 0 Å². The van der Waals surface area contributed by atoms with E-state index in [1.807, 2.05) is 62.4 Å². The van der Waals surface area contributed by atoms with Gasteiger partial charge < -0.3 is 5.32 Å². The van der Waals surface area contributed by atoms with E-state index in [-0.39, 0.29) is 12.3 Å². The molecule has 0 saturated carbocycles. The fraction of sp³-hybridized carbons (Fsp3) is 0.174. The lowest BCUT2D eigenvalue weighted by atomic mass is 9.81. The van der Waals surface area contributed by atoms with Gasteiger partial charge in [0.25, 0.3) is 5.91 Å². The molecule has 0 spiro atoms. The monoisotopic (exact) mass is 482 g/mol. The lowest BCUT2D eigenvalue weighted by molar-refractivity contribution is -0.129. The smallest absolute Gasteiger partial charge is 0.315 e. The van der Waals surface area contributed by atoms with Crippen LogP contribution in [0.4, 0.5) is 4.79 Å². The van der Waals surface area contributed by atoms with Crippen molar-refractivity contribution >= 4 is 45.0 Å². The molecule has 0 bridgehead atoms. The van der Waals surface area contributed by atoms with Crippen LogP contribution >= 0.6 is 27.3 Å². The van der Waals surface area contributed by atoms with Crippen molar-refractivity contribution in [1.29, 1.82) is 0 Å². The quantitative estimate of drug-likeness (QED) is 0.419. The molecule has 1 atom stereocenters. The molecule has 1 saturated heterocycles. The fourth-order valence-corrected chi connectivity index (χ4v) is 4.94. The van der Waals surface area contributed by atoms with Gasteiger partial charge in [-0.1, -0.05) is 48.5 Å². The van der Waals surface area contributed by atoms with Crippen LogP contribution in [0.25, 0.3) is 0 Å². The van der Waals surface area contributed by atoms with Crippen molar-refractivity contribution in [2.45, 2.75) is 19.4 Å². The Labute approximate surface area is 186 Å². The molecule has 7 heteroatoms. The predicted molar refractivity (Wildman–Crippen MR) is 120 cm³/mol. The van der Waals surface area contributed by atoms with Gasteiger partial charge in [0.05, 0.1) is 15.2 Å². The Morgan fingerprint density at radius 2 is 1.73 bits per heavy atom. The van der Waals surface area contributed by atoms with Crippen LogP contribution in [-0.4, -0.2) is 29.2 Å². The minimum Gasteiger partial charge on any atom is -0.315 e. The van der Waals surface area contributed by atoms with Crippen LogP contribution in [0.3, 0.4) is 0 Å². The normalized spacial score (nSPS) is 18.6. The number of nitrogens with one attached hydrogen (secondary N) is 1. The summed E-state index contributed by atoms with van der Waals surface area (Å²) < 4.78 is 0.816. The summed E-state index contributed by atoms with van der Waals surface area (Å²) in [4.78, 5) is 40.8. The molecule has 2 aromatic carbocycles. The number of hydrogen-bond donors (Lipinski definition) is 1. The lowest BCUT2D eigenvalue weighted by Gasteiger charge is -2.28. The molecule has 1 fully saturated rings. The zero-order chi connectivity index (χ0) is 21.5. The summed E-state index contributed by atoms with van der Waals surface area (Å²) in [6, 6.07) is 17.7. The van der Waals surface area contributed by atoms with Crippen molar-refractivity contribution in [2.24, 2.45) is 0 Å². The number of rotatable bonds is 5. The Balaban J connectivity index is 1.78. The molecule has 1 N–H and O–H groups in total. The van der Waals surface area contributed by atoms with Gasteiger partial charge in [-0.05, 0) is 64.2 Å². The number of amides is 3. The van der Waals surface area contributed by atoms with Crippen LogP contribution in [0.2, 0.25) is 0 Å². The number of carbonyl (C=O) groups is 3. The maximum Gasteiger partial charge on any atom is 0.325 e. The molecule has 152 valence electrons. The summed E-state index contributed by atoms with van der Waals surface area (Å²) in [6.45, 7) is 3.65. The van der Waals surface area contributed by atoms with Crippen molar-refractivity contribution in [3.05, 3.63) is 91.6 Å². The third-order valence-corrected chi connectivity index (χ3v) is 7.07. The van der Waals surface area contributed by atoms with Crippen molar-refractivity contribution in [1.82, 2.24) is 10.2 Å². The van der Waals surface area contributed by atoms with Crippen LogP contribution in [0.1, 0.15) is 31.9 Å². The first kappa shape index (κ1) is 20.5. The van der Waals surface area contributed by atoms with E-state index in [9.17, 15) is 14.4 Å². The van der Waals surface area contributed by atoms with Gasteiger partial charge in [0.1, 0.15) is 0 Å². The average Bonchev–Trinajstić information content (AvgIpc) is 3.28. The molecule has 0 unspecified atom stereocenters. The molecule has 30 heavy (non-hydrogen) atoms. The first-order valence-electron chi connectivity index (χ1n) is 9.39. The standard InChI is InChI=1S/C23H19BrN2O3S/c1-14-8-9-17(12-15(14)2)23(16-6-4-3-5-7-16)21(28)26(22(29)25-23)13-18(27)19-10-11-20(24)30-19/h3-12H,13H2,1-2H3,(H,25,29)/t23-/m0/s1. The highest BCUT2D eigenvalue weighted by atomic mass is 79.9. The average molecular weight is 483 g/mol. The summed E-state index contributed by atoms with van der Waals surface area (Å²) in [5.41, 5.74) is 2.06. The highest BCUT2D eigenvalue weighted by Gasteiger charge is 2.54. The number of carbonyl (C=O) groups excluding carboxylic acids is 3. The summed E-state index contributed by atoms with van der Waals surface area (Å²) in [5.74, 6) is -0.732. The molecule has 0 radical (unpaired) electrons. The minimum atomic E-state index is -1.37. The van der Waals surface area contributed by atoms with E-state index in [4.69, 9.17) is 0 Å². The molecule has 1 aliphatic rings. The third-order valence-electron chi connectivity index (χ3n) is 5.40. The number of halogens is 1. The maximum atomic E-state index is 13.7. The van der Waals surface area contributed by atoms with E-state index < -0.39 is 17.5 Å². The minimum absolute atomic E-state index is 0.279. The Kier molecular flexibility index (Phi) is 5.34. The van der Waals surface area contributed by atoms with E-state index >= 15 is 0 Å². The molecule has 5 nitrogen and oxygen atoms in total. The van der Waals surface area contributed by atoms with Gasteiger partial charge in [-0.25, -0.2) is 4.79 Å². The highest BCUT2D eigenvalue weighted by molar-refractivity contribution is 9.11. The number of aryl methyl sites for hydroxylation is 2. The highest BCUT2D eigenvalue weighted by Crippen LogP contribution is 2.37. The van der Waals surface area contributed by atoms with Crippen LogP contribution < -0.4 is 5.32 Å². The van der Waals surface area contributed by atoms with Gasteiger partial charge >= 0.3 is 6.03 Å². The van der Waals surface area contributed by atoms with E-state index in [0.717, 1.165) is 19.8 Å². The first-order valence-corrected chi connectivity index (χ1v) is 11.0. The van der Waals surface area contributed by atoms with Gasteiger partial charge in [-0.15, -0.1) is 11.3 Å². The number of thiophene rings is 1. The number of benzene rings is 2. The number of hydrogen-bond acceptors (Lipinski definition) is 4. The van der Waals surface area contributed by atoms with Crippen molar-refractivity contribution in [3.8, 4) is 0 Å². The zero-order valence-electron chi connectivity index (χ0n) is 16.4. The number of nitrogens with zero attached hydrogens (tertiary/aromatic N) is 1. The van der Waals surface area contributed by atoms with E-state index in [1.54, 1.807) is 12.1 Å². The Morgan fingerprint density at radius 3 is 2.37 bits per heavy atom. The molecule has 3 aromatic rings. The largest absolute Gasteiger partial charge is 0.325 e. The van der Waals surface area contributed by atoms with Gasteiger partial charge in [0.15, 0.2) is 11.3 Å². The predicted octanol–water partition coefficient (Wildman–Crippen LogP) is 4.81. The van der Waals surface area contributed by atoms with Crippen molar-refractivity contribution in [2.75, 3.05) is 6.54 Å². The van der Waals surface area contributed by atoms with Crippen LogP contribution in [0.15, 0.2) is 64.5 Å². The Morgan fingerprint density at radius 1 is 1.00 bits per heavy atom. The molecule has 3 amide bonds. The number of ketones is 1. The van der Waals surface area contributed by atoms with Crippen molar-refractivity contribution < 1.29 is 14.4 Å². The summed E-state index contributed by atoms with van der Waals surface area (Å²) in [5, 5.41) is 2.89. The topological polar surface area (TPSA) is 66.5 Å². The number of imide groups is 1. The molecule has 4 rings (SSSR count). The Bertz CT molecular complexity index is 1160.